The minimum atomic E-state index is 0. The summed E-state index contributed by atoms with van der Waals surface area (Å²) in [6, 6.07) is 8.60. The third-order valence-electron chi connectivity index (χ3n) is 3.31. The van der Waals surface area contributed by atoms with Crippen LogP contribution in [0.15, 0.2) is 48.0 Å². The van der Waals surface area contributed by atoms with Crippen molar-refractivity contribution in [3.63, 3.8) is 0 Å². The van der Waals surface area contributed by atoms with Gasteiger partial charge < -0.3 is 15.2 Å². The second kappa shape index (κ2) is 10.3. The maximum absolute atomic E-state index is 4.23. The van der Waals surface area contributed by atoms with Gasteiger partial charge in [0.15, 0.2) is 5.96 Å². The smallest absolute Gasteiger partial charge is 0.191 e. The Balaban J connectivity index is 0.00000264. The molecule has 0 bridgehead atoms. The molecule has 0 atom stereocenters. The zero-order chi connectivity index (χ0) is 15.8. The number of nitrogens with zero attached hydrogens (tertiary/aromatic N) is 3. The Morgan fingerprint density at radius 2 is 1.87 bits per heavy atom. The van der Waals surface area contributed by atoms with E-state index in [-0.39, 0.29) is 24.0 Å². The molecule has 1 aromatic carbocycles. The normalized spacial score (nSPS) is 11.2. The van der Waals surface area contributed by atoms with Crippen LogP contribution < -0.4 is 10.6 Å². The van der Waals surface area contributed by atoms with Gasteiger partial charge in [0, 0.05) is 39.1 Å². The van der Waals surface area contributed by atoms with E-state index in [1.54, 1.807) is 13.2 Å². The van der Waals surface area contributed by atoms with Crippen LogP contribution in [0.2, 0.25) is 0 Å². The van der Waals surface area contributed by atoms with Gasteiger partial charge in [-0.3, -0.25) is 4.99 Å². The molecule has 6 heteroatoms. The molecule has 2 aromatic rings. The van der Waals surface area contributed by atoms with E-state index < -0.39 is 0 Å². The lowest BCUT2D eigenvalue weighted by molar-refractivity contribution is 0.614. The maximum Gasteiger partial charge on any atom is 0.191 e. The average Bonchev–Trinajstić information content (AvgIpc) is 3.02. The number of aromatic nitrogens is 2. The number of nitrogens with one attached hydrogen (secondary N) is 2. The number of hydrogen-bond donors (Lipinski definition) is 2. The molecule has 0 unspecified atom stereocenters. The van der Waals surface area contributed by atoms with Crippen LogP contribution in [0.1, 0.15) is 25.0 Å². The van der Waals surface area contributed by atoms with Crippen molar-refractivity contribution in [1.82, 2.24) is 20.2 Å². The molecule has 0 saturated carbocycles. The van der Waals surface area contributed by atoms with Crippen molar-refractivity contribution < 1.29 is 0 Å². The molecule has 1 heterocycles. The fourth-order valence-corrected chi connectivity index (χ4v) is 2.06. The number of aliphatic imine (C=N–C) groups is 1. The zero-order valence-electron chi connectivity index (χ0n) is 14.0. The Morgan fingerprint density at radius 1 is 1.17 bits per heavy atom. The molecular formula is C17H26IN5. The summed E-state index contributed by atoms with van der Waals surface area (Å²) in [5, 5.41) is 6.64. The molecule has 0 aliphatic heterocycles. The second-order valence-electron chi connectivity index (χ2n) is 5.75. The van der Waals surface area contributed by atoms with Gasteiger partial charge in [-0.1, -0.05) is 38.1 Å². The molecule has 0 amide bonds. The highest BCUT2D eigenvalue weighted by Crippen LogP contribution is 2.06. The molecule has 5 nitrogen and oxygen atoms in total. The summed E-state index contributed by atoms with van der Waals surface area (Å²) in [7, 11) is 1.80. The largest absolute Gasteiger partial charge is 0.356 e. The molecular weight excluding hydrogens is 401 g/mol. The van der Waals surface area contributed by atoms with E-state index in [0.717, 1.165) is 25.6 Å². The van der Waals surface area contributed by atoms with Gasteiger partial charge >= 0.3 is 0 Å². The summed E-state index contributed by atoms with van der Waals surface area (Å²) < 4.78 is 2.06. The van der Waals surface area contributed by atoms with E-state index in [0.29, 0.717) is 5.92 Å². The van der Waals surface area contributed by atoms with Gasteiger partial charge in [-0.25, -0.2) is 4.98 Å². The van der Waals surface area contributed by atoms with Gasteiger partial charge in [0.2, 0.25) is 0 Å². The van der Waals surface area contributed by atoms with Crippen molar-refractivity contribution in [3.8, 4) is 0 Å². The van der Waals surface area contributed by atoms with Gasteiger partial charge in [0.05, 0.1) is 6.33 Å². The number of guanidine groups is 1. The first-order valence-electron chi connectivity index (χ1n) is 7.65. The van der Waals surface area contributed by atoms with Crippen molar-refractivity contribution in [2.45, 2.75) is 26.9 Å². The quantitative estimate of drug-likeness (QED) is 0.424. The van der Waals surface area contributed by atoms with Crippen molar-refractivity contribution in [3.05, 3.63) is 54.1 Å². The highest BCUT2D eigenvalue weighted by Gasteiger charge is 2.00. The number of halogens is 1. The molecule has 2 N–H and O–H groups in total. The maximum atomic E-state index is 4.23. The first kappa shape index (κ1) is 19.5. The van der Waals surface area contributed by atoms with Crippen LogP contribution in [-0.4, -0.2) is 29.1 Å². The van der Waals surface area contributed by atoms with E-state index >= 15 is 0 Å². The first-order valence-corrected chi connectivity index (χ1v) is 7.65. The average molecular weight is 427 g/mol. The highest BCUT2D eigenvalue weighted by atomic mass is 127. The molecule has 0 aliphatic carbocycles. The topological polar surface area (TPSA) is 54.2 Å². The van der Waals surface area contributed by atoms with Gasteiger partial charge in [-0.2, -0.15) is 0 Å². The minimum Gasteiger partial charge on any atom is -0.356 e. The van der Waals surface area contributed by atoms with E-state index in [1.165, 1.54) is 11.1 Å². The lowest BCUT2D eigenvalue weighted by Crippen LogP contribution is -2.38. The van der Waals surface area contributed by atoms with E-state index in [4.69, 9.17) is 0 Å². The van der Waals surface area contributed by atoms with Crippen LogP contribution in [0.25, 0.3) is 0 Å². The molecule has 1 aromatic heterocycles. The Morgan fingerprint density at radius 3 is 2.43 bits per heavy atom. The standard InChI is InChI=1S/C17H25N5.HI/c1-14(2)10-20-17(18-3)21-11-15-4-6-16(7-5-15)12-22-9-8-19-13-22;/h4-9,13-14H,10-12H2,1-3H3,(H2,18,20,21);1H. The van der Waals surface area contributed by atoms with Crippen molar-refractivity contribution in [2.24, 2.45) is 10.9 Å². The lowest BCUT2D eigenvalue weighted by atomic mass is 10.1. The van der Waals surface area contributed by atoms with Gasteiger partial charge in [0.1, 0.15) is 0 Å². The van der Waals surface area contributed by atoms with Crippen molar-refractivity contribution >= 4 is 29.9 Å². The van der Waals surface area contributed by atoms with Crippen LogP contribution in [-0.2, 0) is 13.1 Å². The van der Waals surface area contributed by atoms with E-state index in [1.807, 2.05) is 12.5 Å². The number of imidazole rings is 1. The van der Waals surface area contributed by atoms with Gasteiger partial charge in [-0.15, -0.1) is 24.0 Å². The monoisotopic (exact) mass is 427 g/mol. The zero-order valence-corrected chi connectivity index (χ0v) is 16.3. The second-order valence-corrected chi connectivity index (χ2v) is 5.75. The van der Waals surface area contributed by atoms with Crippen LogP contribution in [0.3, 0.4) is 0 Å². The number of rotatable bonds is 6. The van der Waals surface area contributed by atoms with Gasteiger partial charge in [0.25, 0.3) is 0 Å². The van der Waals surface area contributed by atoms with E-state index in [9.17, 15) is 0 Å². The third kappa shape index (κ3) is 7.02. The van der Waals surface area contributed by atoms with Crippen molar-refractivity contribution in [2.75, 3.05) is 13.6 Å². The lowest BCUT2D eigenvalue weighted by Gasteiger charge is -2.13. The summed E-state index contributed by atoms with van der Waals surface area (Å²) in [6.45, 7) is 6.90. The summed E-state index contributed by atoms with van der Waals surface area (Å²) >= 11 is 0. The molecule has 23 heavy (non-hydrogen) atoms. The predicted octanol–water partition coefficient (Wildman–Crippen LogP) is 2.87. The van der Waals surface area contributed by atoms with E-state index in [2.05, 4.69) is 63.3 Å². The molecule has 0 fully saturated rings. The SMILES string of the molecule is CN=C(NCc1ccc(Cn2ccnc2)cc1)NCC(C)C.I. The molecule has 126 valence electrons. The van der Waals surface area contributed by atoms with Crippen LogP contribution >= 0.6 is 24.0 Å². The molecule has 0 saturated heterocycles. The fourth-order valence-electron chi connectivity index (χ4n) is 2.06. The molecule has 0 aliphatic rings. The molecule has 0 spiro atoms. The molecule has 0 radical (unpaired) electrons. The summed E-state index contributed by atoms with van der Waals surface area (Å²) in [6.07, 6.45) is 5.60. The third-order valence-corrected chi connectivity index (χ3v) is 3.31. The Kier molecular flexibility index (Phi) is 8.68. The fraction of sp³-hybridized carbons (Fsp3) is 0.412. The predicted molar refractivity (Wildman–Crippen MR) is 106 cm³/mol. The Labute approximate surface area is 155 Å². The molecule has 2 rings (SSSR count). The number of hydrogen-bond acceptors (Lipinski definition) is 2. The van der Waals surface area contributed by atoms with Gasteiger partial charge in [-0.05, 0) is 17.0 Å². The Hall–Kier alpha value is -1.57. The first-order chi connectivity index (χ1) is 10.7. The van der Waals surface area contributed by atoms with Crippen molar-refractivity contribution in [1.29, 1.82) is 0 Å². The summed E-state index contributed by atoms with van der Waals surface area (Å²) in [5.41, 5.74) is 2.51. The van der Waals surface area contributed by atoms with Crippen LogP contribution in [0.5, 0.6) is 0 Å². The summed E-state index contributed by atoms with van der Waals surface area (Å²) in [5.74, 6) is 1.44. The Bertz CT molecular complexity index is 576. The minimum absolute atomic E-state index is 0. The highest BCUT2D eigenvalue weighted by molar-refractivity contribution is 14.0. The van der Waals surface area contributed by atoms with Crippen LogP contribution in [0.4, 0.5) is 0 Å². The number of benzene rings is 1. The van der Waals surface area contributed by atoms with Crippen LogP contribution in [0, 0.1) is 5.92 Å². The summed E-state index contributed by atoms with van der Waals surface area (Å²) in [4.78, 5) is 8.28.